The van der Waals surface area contributed by atoms with Crippen LogP contribution >= 0.6 is 0 Å². The van der Waals surface area contributed by atoms with E-state index in [-0.39, 0.29) is 10.8 Å². The average Bonchev–Trinajstić information content (AvgIpc) is 3.49. The van der Waals surface area contributed by atoms with Crippen LogP contribution in [-0.2, 0) is 10.8 Å². The maximum atomic E-state index is 2.42. The Hall–Kier alpha value is -5.47. The van der Waals surface area contributed by atoms with E-state index >= 15 is 0 Å². The van der Waals surface area contributed by atoms with Crippen molar-refractivity contribution in [3.8, 4) is 22.3 Å². The maximum Gasteiger partial charge on any atom is 0.209 e. The molecule has 1 aliphatic carbocycles. The zero-order valence-electron chi connectivity index (χ0n) is 31.4. The van der Waals surface area contributed by atoms with Crippen molar-refractivity contribution in [3.05, 3.63) is 185 Å². The summed E-state index contributed by atoms with van der Waals surface area (Å²) in [5.74, 6) is 0. The summed E-state index contributed by atoms with van der Waals surface area (Å²) >= 11 is 0. The number of benzene rings is 5. The Morgan fingerprint density at radius 3 is 1.79 bits per heavy atom. The molecule has 2 heteroatoms. The molecule has 0 amide bonds. The van der Waals surface area contributed by atoms with Gasteiger partial charge in [0, 0.05) is 41.6 Å². The van der Waals surface area contributed by atoms with Crippen LogP contribution < -0.4 is 4.90 Å². The quantitative estimate of drug-likeness (QED) is 0.162. The molecule has 8 rings (SSSR count). The lowest BCUT2D eigenvalue weighted by atomic mass is 9.79. The second-order valence-electron chi connectivity index (χ2n) is 15.6. The number of hydrogen-bond donors (Lipinski definition) is 0. The van der Waals surface area contributed by atoms with Gasteiger partial charge in [-0.15, -0.1) is 0 Å². The van der Waals surface area contributed by atoms with Gasteiger partial charge in [0.05, 0.1) is 5.41 Å². The van der Waals surface area contributed by atoms with Gasteiger partial charge in [-0.1, -0.05) is 123 Å². The number of fused-ring (bicyclic) bond motifs is 2. The highest BCUT2D eigenvalue weighted by Crippen LogP contribution is 2.49. The first-order valence-corrected chi connectivity index (χ1v) is 18.8. The van der Waals surface area contributed by atoms with Crippen molar-refractivity contribution in [3.63, 3.8) is 0 Å². The van der Waals surface area contributed by atoms with Crippen molar-refractivity contribution in [2.24, 2.45) is 0 Å². The van der Waals surface area contributed by atoms with E-state index < -0.39 is 0 Å². The van der Waals surface area contributed by atoms with Gasteiger partial charge in [0.2, 0.25) is 5.69 Å². The topological polar surface area (TPSA) is 6.25 Å². The van der Waals surface area contributed by atoms with Gasteiger partial charge in [-0.2, -0.15) is 4.58 Å². The molecule has 0 atom stereocenters. The number of nitrogens with zero attached hydrogens (tertiary/aromatic N) is 2. The summed E-state index contributed by atoms with van der Waals surface area (Å²) in [6, 6.07) is 46.4. The monoisotopic (exact) mass is 677 g/mol. The van der Waals surface area contributed by atoms with E-state index in [0.717, 1.165) is 19.3 Å². The predicted octanol–water partition coefficient (Wildman–Crippen LogP) is 12.5. The minimum Gasteiger partial charge on any atom is -0.347 e. The van der Waals surface area contributed by atoms with Gasteiger partial charge in [-0.05, 0) is 114 Å². The summed E-state index contributed by atoms with van der Waals surface area (Å²) in [7, 11) is 4.45. The minimum absolute atomic E-state index is 0.120. The highest BCUT2D eigenvalue weighted by Gasteiger charge is 2.43. The smallest absolute Gasteiger partial charge is 0.209 e. The molecule has 2 nitrogen and oxygen atoms in total. The fourth-order valence-corrected chi connectivity index (χ4v) is 8.89. The molecule has 0 aromatic heterocycles. The van der Waals surface area contributed by atoms with E-state index in [9.17, 15) is 0 Å². The third kappa shape index (κ3) is 5.81. The summed E-state index contributed by atoms with van der Waals surface area (Å²) in [4.78, 5) is 2.40. The van der Waals surface area contributed by atoms with Crippen LogP contribution in [0.1, 0.15) is 63.6 Å². The zero-order valence-corrected chi connectivity index (χ0v) is 31.4. The Balaban J connectivity index is 1.16. The molecule has 0 fully saturated rings. The van der Waals surface area contributed by atoms with Crippen molar-refractivity contribution in [1.29, 1.82) is 0 Å². The van der Waals surface area contributed by atoms with Gasteiger partial charge in [0.25, 0.3) is 0 Å². The molecule has 3 aliphatic rings. The van der Waals surface area contributed by atoms with Crippen LogP contribution in [0.3, 0.4) is 0 Å². The summed E-state index contributed by atoms with van der Waals surface area (Å²) in [6.07, 6.45) is 12.9. The lowest BCUT2D eigenvalue weighted by molar-refractivity contribution is -0.401. The van der Waals surface area contributed by atoms with Crippen molar-refractivity contribution in [1.82, 2.24) is 0 Å². The predicted molar refractivity (Wildman–Crippen MR) is 222 cm³/mol. The fourth-order valence-electron chi connectivity index (χ4n) is 8.89. The van der Waals surface area contributed by atoms with Crippen LogP contribution in [0.5, 0.6) is 0 Å². The zero-order chi connectivity index (χ0) is 36.0. The molecule has 52 heavy (non-hydrogen) atoms. The molecule has 5 aromatic rings. The second kappa shape index (κ2) is 13.3. The Morgan fingerprint density at radius 1 is 0.577 bits per heavy atom. The fraction of sp³-hybridized carbons (Fsp3) is 0.220. The molecule has 0 unspecified atom stereocenters. The van der Waals surface area contributed by atoms with E-state index in [2.05, 4.69) is 203 Å². The molecule has 2 aliphatic heterocycles. The molecule has 0 spiro atoms. The first-order valence-electron chi connectivity index (χ1n) is 18.8. The first-order chi connectivity index (χ1) is 25.1. The molecule has 0 saturated heterocycles. The standard InChI is InChI=1S/C50H49N2/c1-49(2)42-33-40(35-17-10-7-11-18-35)25-29-44(42)51(5)46(49)31-27-38-23-16-24-39(48(38)37-21-14-9-15-22-37)28-32-47-50(3,4)43-34-41(26-30-45(43)52(47)6)36-19-12-8-13-20-36/h7-15,17-22,25-34H,16,23-24H2,1-6H3/q+1. The van der Waals surface area contributed by atoms with Crippen LogP contribution in [0.4, 0.5) is 11.4 Å². The Labute approximate surface area is 310 Å². The van der Waals surface area contributed by atoms with Crippen molar-refractivity contribution in [2.45, 2.75) is 57.8 Å². The van der Waals surface area contributed by atoms with E-state index in [1.54, 1.807) is 0 Å². The van der Waals surface area contributed by atoms with Crippen LogP contribution in [0.25, 0.3) is 27.8 Å². The van der Waals surface area contributed by atoms with E-state index in [1.165, 1.54) is 78.4 Å². The van der Waals surface area contributed by atoms with Gasteiger partial charge in [-0.25, -0.2) is 0 Å². The Bertz CT molecular complexity index is 2310. The van der Waals surface area contributed by atoms with Crippen molar-refractivity contribution in [2.75, 3.05) is 19.0 Å². The highest BCUT2D eigenvalue weighted by atomic mass is 15.2. The van der Waals surface area contributed by atoms with Crippen molar-refractivity contribution >= 4 is 22.7 Å². The third-order valence-electron chi connectivity index (χ3n) is 11.8. The van der Waals surface area contributed by atoms with E-state index in [0.29, 0.717) is 0 Å². The molecule has 2 heterocycles. The normalized spacial score (nSPS) is 19.2. The molecule has 5 aromatic carbocycles. The lowest BCUT2D eigenvalue weighted by Crippen LogP contribution is -2.26. The number of anilines is 1. The molecular formula is C50H49N2+. The second-order valence-corrected chi connectivity index (χ2v) is 15.6. The van der Waals surface area contributed by atoms with E-state index in [1.807, 2.05) is 0 Å². The highest BCUT2D eigenvalue weighted by molar-refractivity contribution is 6.04. The van der Waals surface area contributed by atoms with Gasteiger partial charge in [0.1, 0.15) is 7.05 Å². The summed E-state index contributed by atoms with van der Waals surface area (Å²) in [6.45, 7) is 9.48. The van der Waals surface area contributed by atoms with Gasteiger partial charge >= 0.3 is 0 Å². The number of likely N-dealkylation sites (N-methyl/N-ethyl adjacent to an activating group) is 1. The molecule has 0 bridgehead atoms. The summed E-state index contributed by atoms with van der Waals surface area (Å²) < 4.78 is 2.40. The molecule has 0 saturated carbocycles. The largest absolute Gasteiger partial charge is 0.347 e. The molecular weight excluding hydrogens is 629 g/mol. The van der Waals surface area contributed by atoms with Crippen LogP contribution in [0.2, 0.25) is 0 Å². The molecule has 258 valence electrons. The number of allylic oxidation sites excluding steroid dienone is 8. The Morgan fingerprint density at radius 2 is 1.15 bits per heavy atom. The molecule has 0 radical (unpaired) electrons. The van der Waals surface area contributed by atoms with Crippen LogP contribution in [-0.4, -0.2) is 24.4 Å². The summed E-state index contributed by atoms with van der Waals surface area (Å²) in [5.41, 5.74) is 18.3. The third-order valence-corrected chi connectivity index (χ3v) is 11.8. The van der Waals surface area contributed by atoms with Gasteiger partial charge < -0.3 is 4.90 Å². The number of hydrogen-bond acceptors (Lipinski definition) is 1. The maximum absolute atomic E-state index is 2.42. The Kier molecular flexibility index (Phi) is 8.58. The van der Waals surface area contributed by atoms with Gasteiger partial charge in [-0.3, -0.25) is 0 Å². The first kappa shape index (κ1) is 33.7. The SMILES string of the molecule is CN1/C(=C/C=C2\CCCC(/C=C/C3=[N+](C)c4ccc(-c5ccccc5)cc4C3(C)C)=C2c2ccccc2)C(C)(C)c2cc(-c3ccccc3)ccc21. The lowest BCUT2D eigenvalue weighted by Gasteiger charge is -2.25. The van der Waals surface area contributed by atoms with Gasteiger partial charge in [0.15, 0.2) is 5.71 Å². The average molecular weight is 678 g/mol. The number of rotatable bonds is 6. The van der Waals surface area contributed by atoms with E-state index in [4.69, 9.17) is 0 Å². The van der Waals surface area contributed by atoms with Crippen molar-refractivity contribution < 1.29 is 4.58 Å². The minimum atomic E-state index is -0.120. The molecule has 0 N–H and O–H groups in total. The van der Waals surface area contributed by atoms with Crippen LogP contribution in [0.15, 0.2) is 169 Å². The van der Waals surface area contributed by atoms with Crippen LogP contribution in [0, 0.1) is 0 Å². The summed E-state index contributed by atoms with van der Waals surface area (Å²) in [5, 5.41) is 0.